The molecule has 6 rings (SSSR count). The van der Waals surface area contributed by atoms with Gasteiger partial charge in [-0.1, -0.05) is 46.5 Å². The molecule has 12 nitrogen and oxygen atoms in total. The van der Waals surface area contributed by atoms with Crippen molar-refractivity contribution in [3.63, 3.8) is 0 Å². The molecule has 2 aliphatic heterocycles. The van der Waals surface area contributed by atoms with Crippen molar-refractivity contribution in [2.75, 3.05) is 33.3 Å². The number of fused-ring (bicyclic) bond motifs is 5. The summed E-state index contributed by atoms with van der Waals surface area (Å²) >= 11 is 0. The number of nitrogens with zero attached hydrogens (tertiary/aromatic N) is 1. The minimum atomic E-state index is -1.60. The van der Waals surface area contributed by atoms with Crippen LogP contribution in [0.3, 0.4) is 0 Å². The molecule has 2 heterocycles. The number of rotatable bonds is 15. The van der Waals surface area contributed by atoms with Crippen LogP contribution in [-0.4, -0.2) is 123 Å². The highest BCUT2D eigenvalue weighted by Gasteiger charge is 2.76. The zero-order valence-electron chi connectivity index (χ0n) is 35.5. The first-order valence-electron chi connectivity index (χ1n) is 22.7. The Kier molecular flexibility index (Phi) is 13.9. The Morgan fingerprint density at radius 2 is 1.84 bits per heavy atom. The van der Waals surface area contributed by atoms with Crippen molar-refractivity contribution in [2.45, 2.75) is 172 Å². The molecule has 2 saturated heterocycles. The molecule has 12 N–H and O–H groups in total. The van der Waals surface area contributed by atoms with Gasteiger partial charge in [0, 0.05) is 35.5 Å². The highest BCUT2D eigenvalue weighted by Crippen LogP contribution is 2.71. The molecule has 0 amide bonds. The third kappa shape index (κ3) is 7.84. The molecule has 0 aromatic carbocycles. The molecular formula is C44H80N4O8+2. The Bertz CT molecular complexity index is 1370. The van der Waals surface area contributed by atoms with Crippen LogP contribution in [0.15, 0.2) is 4.99 Å². The maximum atomic E-state index is 15.2. The molecule has 0 radical (unpaired) electrons. The average Bonchev–Trinajstić information content (AvgIpc) is 3.65. The van der Waals surface area contributed by atoms with Crippen LogP contribution in [-0.2, 0) is 9.53 Å². The summed E-state index contributed by atoms with van der Waals surface area (Å²) in [6.07, 6.45) is 6.54. The summed E-state index contributed by atoms with van der Waals surface area (Å²) < 4.78 is 6.32. The number of nitrogens with two attached hydrogens (primary N) is 3. The van der Waals surface area contributed by atoms with Gasteiger partial charge in [0.25, 0.3) is 0 Å². The second-order valence-electron chi connectivity index (χ2n) is 20.4. The number of hydrogen-bond acceptors (Lipinski definition) is 10. The quantitative estimate of drug-likeness (QED) is 0.107. The lowest BCUT2D eigenvalue weighted by Gasteiger charge is -2.67. The van der Waals surface area contributed by atoms with E-state index in [-0.39, 0.29) is 49.1 Å². The van der Waals surface area contributed by atoms with E-state index in [9.17, 15) is 30.6 Å². The van der Waals surface area contributed by atoms with Crippen LogP contribution in [0.5, 0.6) is 0 Å². The van der Waals surface area contributed by atoms with Crippen LogP contribution < -0.4 is 16.4 Å². The van der Waals surface area contributed by atoms with E-state index < -0.39 is 70.3 Å². The highest BCUT2D eigenvalue weighted by atomic mass is 16.5. The molecule has 18 atom stereocenters. The second kappa shape index (κ2) is 17.5. The molecule has 0 spiro atoms. The van der Waals surface area contributed by atoms with Crippen molar-refractivity contribution in [3.05, 3.63) is 0 Å². The second-order valence-corrected chi connectivity index (χ2v) is 20.4. The van der Waals surface area contributed by atoms with E-state index in [1.165, 1.54) is 19.3 Å². The van der Waals surface area contributed by atoms with Crippen molar-refractivity contribution in [3.8, 4) is 0 Å². The minimum Gasteiger partial charge on any atom is -0.391 e. The van der Waals surface area contributed by atoms with Gasteiger partial charge in [0.2, 0.25) is 0 Å². The van der Waals surface area contributed by atoms with E-state index in [4.69, 9.17) is 15.5 Å². The van der Waals surface area contributed by atoms with Gasteiger partial charge in [-0.3, -0.25) is 15.5 Å². The number of piperidine rings is 1. The third-order valence-electron chi connectivity index (χ3n) is 16.9. The molecule has 0 aromatic heterocycles. The van der Waals surface area contributed by atoms with Gasteiger partial charge in [-0.2, -0.15) is 0 Å². The number of hydrogen-bond donors (Lipinski definition) is 9. The summed E-state index contributed by atoms with van der Waals surface area (Å²) in [4.78, 5) is 20.1. The van der Waals surface area contributed by atoms with Crippen LogP contribution in [0.2, 0.25) is 0 Å². The number of aliphatic imine (C=N–C) groups is 1. The van der Waals surface area contributed by atoms with Crippen molar-refractivity contribution >= 4 is 11.5 Å². The summed E-state index contributed by atoms with van der Waals surface area (Å²) in [6.45, 7) is 12.0. The minimum absolute atomic E-state index is 0.0150. The van der Waals surface area contributed by atoms with Crippen LogP contribution >= 0.6 is 0 Å². The fraction of sp³-hybridized carbons (Fsp3) is 0.955. The molecule has 322 valence electrons. The topological polar surface area (TPSA) is 219 Å². The molecule has 6 aliphatic rings. The standard InChI is InChI=1S/C44H78N4O8/c1-7-8-9-10-11-28-24-56-39(26(28)3)40(53)42(5,54)33-15-17-44(55)36-35(29(23-46-6)19-41(33,44)4)43(16-14-27-12-13-34(45)47-22-27)20-32(51)31(50)18-30(43)38(52)37(36)48-21-25(2)49/h25-36,39-40,46-47,49-51,53-55H,7-24,45H2,1-6H3/p+2. The lowest BCUT2D eigenvalue weighted by Crippen LogP contribution is -2.95. The summed E-state index contributed by atoms with van der Waals surface area (Å²) in [5.41, 5.74) is 1.89. The van der Waals surface area contributed by atoms with Crippen LogP contribution in [0.1, 0.15) is 125 Å². The Morgan fingerprint density at radius 1 is 1.09 bits per heavy atom. The molecule has 0 aromatic rings. The first-order valence-corrected chi connectivity index (χ1v) is 22.7. The summed E-state index contributed by atoms with van der Waals surface area (Å²) in [6, 6.07) is 0. The van der Waals surface area contributed by atoms with E-state index in [0.29, 0.717) is 56.4 Å². The third-order valence-corrected chi connectivity index (χ3v) is 16.9. The van der Waals surface area contributed by atoms with Crippen LogP contribution in [0, 0.1) is 58.2 Å². The predicted octanol–water partition coefficient (Wildman–Crippen LogP) is 0.874. The zero-order valence-corrected chi connectivity index (χ0v) is 35.5. The molecule has 18 unspecified atom stereocenters. The number of Topliss-reactive ketones (excluding diaryl/α,β-unsaturated/α-hetero) is 1. The highest BCUT2D eigenvalue weighted by molar-refractivity contribution is 6.42. The number of ether oxygens (including phenoxy) is 1. The fourth-order valence-electron chi connectivity index (χ4n) is 13.9. The maximum Gasteiger partial charge on any atom is 0.180 e. The van der Waals surface area contributed by atoms with Crippen LogP contribution in [0.25, 0.3) is 0 Å². The van der Waals surface area contributed by atoms with Gasteiger partial charge in [0.15, 0.2) is 5.78 Å². The first-order chi connectivity index (χ1) is 26.5. The van der Waals surface area contributed by atoms with Gasteiger partial charge in [-0.25, -0.2) is 0 Å². The van der Waals surface area contributed by atoms with Gasteiger partial charge in [0.1, 0.15) is 12.3 Å². The van der Waals surface area contributed by atoms with E-state index >= 15 is 4.79 Å². The maximum absolute atomic E-state index is 15.2. The van der Waals surface area contributed by atoms with Crippen LogP contribution in [0.4, 0.5) is 0 Å². The largest absolute Gasteiger partial charge is 0.391 e. The Morgan fingerprint density at radius 3 is 2.50 bits per heavy atom. The molecule has 12 heteroatoms. The Hall–Kier alpha value is -1.06. The monoisotopic (exact) mass is 793 g/mol. The van der Waals surface area contributed by atoms with Gasteiger partial charge in [-0.15, -0.1) is 0 Å². The van der Waals surface area contributed by atoms with E-state index in [1.807, 2.05) is 7.05 Å². The van der Waals surface area contributed by atoms with Crippen molar-refractivity contribution in [1.82, 2.24) is 0 Å². The summed E-state index contributed by atoms with van der Waals surface area (Å²) in [7, 11) is 2.04. The number of carbonyl (C=O) groups is 1. The summed E-state index contributed by atoms with van der Waals surface area (Å²) in [5.74, 6) is -1.42. The normalized spacial score (nSPS) is 46.9. The molecular weight excluding hydrogens is 713 g/mol. The number of aliphatic hydroxyl groups is 6. The van der Waals surface area contributed by atoms with Crippen molar-refractivity contribution in [2.24, 2.45) is 68.9 Å². The molecule has 0 bridgehead atoms. The SMILES string of the molecule is CCCCCCC1COC(C(O)C(C)(O)C2CCC3(O)C4C(=NCC(C)O)C(=O)C5CC(O)C(O)CC5(CCC5CCC(N)[NH2+]C5)C4C(C[NH2+]C)CC23C)C1C. The average molecular weight is 793 g/mol. The zero-order chi connectivity index (χ0) is 40.8. The van der Waals surface area contributed by atoms with Gasteiger partial charge < -0.3 is 46.0 Å². The molecule has 4 aliphatic carbocycles. The number of unbranched alkanes of at least 4 members (excludes halogenated alkanes) is 3. The van der Waals surface area contributed by atoms with Crippen molar-refractivity contribution < 1.29 is 50.8 Å². The lowest BCUT2D eigenvalue weighted by atomic mass is 9.38. The van der Waals surface area contributed by atoms with Gasteiger partial charge >= 0.3 is 0 Å². The van der Waals surface area contributed by atoms with E-state index in [2.05, 4.69) is 31.4 Å². The Balaban J connectivity index is 1.39. The first kappa shape index (κ1) is 44.5. The molecule has 56 heavy (non-hydrogen) atoms. The predicted molar refractivity (Wildman–Crippen MR) is 214 cm³/mol. The smallest absolute Gasteiger partial charge is 0.180 e. The number of aliphatic hydroxyl groups excluding tert-OH is 4. The molecule has 4 saturated carbocycles. The lowest BCUT2D eigenvalue weighted by molar-refractivity contribution is -0.703. The summed E-state index contributed by atoms with van der Waals surface area (Å²) in [5, 5.41) is 76.1. The Labute approximate surface area is 336 Å². The van der Waals surface area contributed by atoms with E-state index in [0.717, 1.165) is 38.6 Å². The number of quaternary nitrogens is 2. The van der Waals surface area contributed by atoms with Crippen molar-refractivity contribution in [1.29, 1.82) is 0 Å². The molecule has 6 fully saturated rings. The van der Waals surface area contributed by atoms with E-state index in [1.54, 1.807) is 13.8 Å². The van der Waals surface area contributed by atoms with Gasteiger partial charge in [-0.05, 0) is 101 Å². The van der Waals surface area contributed by atoms with Gasteiger partial charge in [0.05, 0.1) is 74.6 Å². The fourth-order valence-corrected chi connectivity index (χ4v) is 13.9. The number of carbonyl (C=O) groups excluding carboxylic acids is 1. The number of ketones is 1.